The van der Waals surface area contributed by atoms with Crippen LogP contribution in [0.3, 0.4) is 0 Å². The van der Waals surface area contributed by atoms with Gasteiger partial charge in [0.15, 0.2) is 5.69 Å². The molecule has 6 heteroatoms. The lowest BCUT2D eigenvalue weighted by Crippen LogP contribution is -2.06. The average molecular weight is 404 g/mol. The minimum absolute atomic E-state index is 0.306. The summed E-state index contributed by atoms with van der Waals surface area (Å²) in [6.07, 6.45) is 0.824. The Morgan fingerprint density at radius 3 is 2.28 bits per heavy atom. The van der Waals surface area contributed by atoms with E-state index in [4.69, 9.17) is 9.84 Å². The third-order valence-electron chi connectivity index (χ3n) is 4.59. The molecule has 2 aromatic heterocycles. The number of hydrogen-bond acceptors (Lipinski definition) is 5. The molecule has 0 radical (unpaired) electrons. The van der Waals surface area contributed by atoms with E-state index in [2.05, 4.69) is 36.2 Å². The summed E-state index contributed by atoms with van der Waals surface area (Å²) in [5.41, 5.74) is 5.50. The van der Waals surface area contributed by atoms with Gasteiger partial charge in [0.2, 0.25) is 5.13 Å². The van der Waals surface area contributed by atoms with Crippen LogP contribution in [0.1, 0.15) is 29.9 Å². The lowest BCUT2D eigenvalue weighted by molar-refractivity contribution is 0.0520. The number of carbonyl (C=O) groups excluding carboxylic acids is 1. The van der Waals surface area contributed by atoms with Crippen LogP contribution in [-0.2, 0) is 11.2 Å². The maximum Gasteiger partial charge on any atom is 0.357 e. The molecule has 0 saturated carbocycles. The van der Waals surface area contributed by atoms with Crippen LogP contribution in [0.25, 0.3) is 27.6 Å². The summed E-state index contributed by atoms with van der Waals surface area (Å²) in [6, 6.07) is 20.3. The monoisotopic (exact) mass is 403 g/mol. The Kier molecular flexibility index (Phi) is 5.53. The molecule has 0 unspecified atom stereocenters. The van der Waals surface area contributed by atoms with Crippen LogP contribution in [0.5, 0.6) is 0 Å². The molecule has 5 nitrogen and oxygen atoms in total. The number of benzene rings is 2. The van der Waals surface area contributed by atoms with E-state index >= 15 is 0 Å². The zero-order valence-corrected chi connectivity index (χ0v) is 17.1. The van der Waals surface area contributed by atoms with E-state index in [1.807, 2.05) is 41.1 Å². The summed E-state index contributed by atoms with van der Waals surface area (Å²) in [5, 5.41) is 7.29. The normalized spacial score (nSPS) is 10.8. The van der Waals surface area contributed by atoms with Gasteiger partial charge in [-0.1, -0.05) is 67.6 Å². The third-order valence-corrected chi connectivity index (χ3v) is 5.41. The number of esters is 1. The standard InChI is InChI=1S/C23H21N3O2S/c1-3-18-20(16-11-7-5-8-12-16)25-26(21(18)17-13-9-6-10-14-17)23-24-19(15-29-23)22(27)28-4-2/h5-15H,3-4H2,1-2H3. The molecule has 0 N–H and O–H groups in total. The maximum atomic E-state index is 12.1. The van der Waals surface area contributed by atoms with Gasteiger partial charge < -0.3 is 4.74 Å². The highest BCUT2D eigenvalue weighted by Crippen LogP contribution is 2.35. The summed E-state index contributed by atoms with van der Waals surface area (Å²) < 4.78 is 6.94. The quantitative estimate of drug-likeness (QED) is 0.404. The topological polar surface area (TPSA) is 57.0 Å². The number of nitrogens with zero attached hydrogens (tertiary/aromatic N) is 3. The maximum absolute atomic E-state index is 12.1. The van der Waals surface area contributed by atoms with E-state index in [0.29, 0.717) is 17.4 Å². The van der Waals surface area contributed by atoms with Gasteiger partial charge in [-0.3, -0.25) is 0 Å². The van der Waals surface area contributed by atoms with Crippen molar-refractivity contribution in [3.05, 3.63) is 77.3 Å². The molecule has 2 heterocycles. The van der Waals surface area contributed by atoms with Gasteiger partial charge in [0.1, 0.15) is 0 Å². The highest BCUT2D eigenvalue weighted by molar-refractivity contribution is 7.12. The van der Waals surface area contributed by atoms with Crippen molar-refractivity contribution in [2.24, 2.45) is 0 Å². The SMILES string of the molecule is CCOC(=O)c1csc(-n2nc(-c3ccccc3)c(CC)c2-c2ccccc2)n1. The molecule has 29 heavy (non-hydrogen) atoms. The number of hydrogen-bond donors (Lipinski definition) is 0. The number of rotatable bonds is 6. The Bertz CT molecular complexity index is 1120. The van der Waals surface area contributed by atoms with Gasteiger partial charge in [-0.2, -0.15) is 5.10 Å². The second kappa shape index (κ2) is 8.41. The van der Waals surface area contributed by atoms with Crippen molar-refractivity contribution in [3.8, 4) is 27.6 Å². The summed E-state index contributed by atoms with van der Waals surface area (Å²) in [6.45, 7) is 4.23. The number of ether oxygens (including phenoxy) is 1. The molecule has 0 aliphatic rings. The van der Waals surface area contributed by atoms with Gasteiger partial charge in [-0.15, -0.1) is 11.3 Å². The highest BCUT2D eigenvalue weighted by atomic mass is 32.1. The van der Waals surface area contributed by atoms with E-state index in [1.165, 1.54) is 11.3 Å². The van der Waals surface area contributed by atoms with E-state index in [-0.39, 0.29) is 0 Å². The van der Waals surface area contributed by atoms with Crippen molar-refractivity contribution in [1.29, 1.82) is 0 Å². The first-order chi connectivity index (χ1) is 14.2. The van der Waals surface area contributed by atoms with Crippen molar-refractivity contribution in [3.63, 3.8) is 0 Å². The molecule has 146 valence electrons. The Morgan fingerprint density at radius 1 is 1.00 bits per heavy atom. The van der Waals surface area contributed by atoms with Crippen LogP contribution >= 0.6 is 11.3 Å². The number of aromatic nitrogens is 3. The Labute approximate surface area is 173 Å². The molecule has 2 aromatic carbocycles. The van der Waals surface area contributed by atoms with Gasteiger partial charge in [0, 0.05) is 22.1 Å². The Balaban J connectivity index is 1.91. The molecular weight excluding hydrogens is 382 g/mol. The third kappa shape index (κ3) is 3.71. The van der Waals surface area contributed by atoms with Crippen molar-refractivity contribution in [2.45, 2.75) is 20.3 Å². The van der Waals surface area contributed by atoms with Gasteiger partial charge in [-0.25, -0.2) is 14.5 Å². The molecule has 0 aliphatic heterocycles. The van der Waals surface area contributed by atoms with Gasteiger partial charge in [-0.05, 0) is 13.3 Å². The van der Waals surface area contributed by atoms with Crippen LogP contribution in [0.15, 0.2) is 66.0 Å². The molecule has 0 spiro atoms. The van der Waals surface area contributed by atoms with Crippen molar-refractivity contribution >= 4 is 17.3 Å². The number of carbonyl (C=O) groups is 1. The minimum atomic E-state index is -0.414. The molecule has 0 fully saturated rings. The van der Waals surface area contributed by atoms with Crippen LogP contribution < -0.4 is 0 Å². The van der Waals surface area contributed by atoms with Gasteiger partial charge in [0.05, 0.1) is 18.0 Å². The Morgan fingerprint density at radius 2 is 1.66 bits per heavy atom. The van der Waals surface area contributed by atoms with Crippen LogP contribution in [-0.4, -0.2) is 27.3 Å². The fourth-order valence-electron chi connectivity index (χ4n) is 3.30. The molecule has 0 saturated heterocycles. The van der Waals surface area contributed by atoms with E-state index in [0.717, 1.165) is 34.5 Å². The zero-order valence-electron chi connectivity index (χ0n) is 16.3. The van der Waals surface area contributed by atoms with Gasteiger partial charge >= 0.3 is 5.97 Å². The lowest BCUT2D eigenvalue weighted by Gasteiger charge is -2.07. The summed E-state index contributed by atoms with van der Waals surface area (Å²) in [7, 11) is 0. The van der Waals surface area contributed by atoms with Crippen molar-refractivity contribution in [1.82, 2.24) is 14.8 Å². The second-order valence-electron chi connectivity index (χ2n) is 6.41. The first-order valence-corrected chi connectivity index (χ1v) is 10.5. The fraction of sp³-hybridized carbons (Fsp3) is 0.174. The van der Waals surface area contributed by atoms with E-state index in [1.54, 1.807) is 12.3 Å². The molecule has 0 amide bonds. The Hall–Kier alpha value is -3.25. The predicted molar refractivity (Wildman–Crippen MR) is 115 cm³/mol. The molecule has 0 atom stereocenters. The largest absolute Gasteiger partial charge is 0.461 e. The van der Waals surface area contributed by atoms with Crippen LogP contribution in [0.4, 0.5) is 0 Å². The molecular formula is C23H21N3O2S. The first-order valence-electron chi connectivity index (χ1n) is 9.58. The molecule has 4 aromatic rings. The number of thiazole rings is 1. The molecule has 0 bridgehead atoms. The van der Waals surface area contributed by atoms with Crippen molar-refractivity contribution in [2.75, 3.05) is 6.61 Å². The molecule has 4 rings (SSSR count). The zero-order chi connectivity index (χ0) is 20.2. The van der Waals surface area contributed by atoms with Crippen LogP contribution in [0, 0.1) is 0 Å². The van der Waals surface area contributed by atoms with Crippen LogP contribution in [0.2, 0.25) is 0 Å². The summed E-state index contributed by atoms with van der Waals surface area (Å²) in [5.74, 6) is -0.414. The highest BCUT2D eigenvalue weighted by Gasteiger charge is 2.22. The second-order valence-corrected chi connectivity index (χ2v) is 7.25. The predicted octanol–water partition coefficient (Wildman–Crippen LogP) is 5.40. The van der Waals surface area contributed by atoms with Gasteiger partial charge in [0.25, 0.3) is 0 Å². The minimum Gasteiger partial charge on any atom is -0.461 e. The fourth-order valence-corrected chi connectivity index (χ4v) is 4.05. The first kappa shape index (κ1) is 19.1. The van der Waals surface area contributed by atoms with E-state index < -0.39 is 5.97 Å². The van der Waals surface area contributed by atoms with Crippen molar-refractivity contribution < 1.29 is 9.53 Å². The molecule has 0 aliphatic carbocycles. The summed E-state index contributed by atoms with van der Waals surface area (Å²) in [4.78, 5) is 16.6. The smallest absolute Gasteiger partial charge is 0.357 e. The average Bonchev–Trinajstić information content (AvgIpc) is 3.40. The summed E-state index contributed by atoms with van der Waals surface area (Å²) >= 11 is 1.38. The lowest BCUT2D eigenvalue weighted by atomic mass is 10.00. The van der Waals surface area contributed by atoms with E-state index in [9.17, 15) is 4.79 Å².